The molecule has 2 heterocycles. The van der Waals surface area contributed by atoms with E-state index in [0.29, 0.717) is 43.5 Å². The topological polar surface area (TPSA) is 86.9 Å². The van der Waals surface area contributed by atoms with Gasteiger partial charge in [-0.15, -0.1) is 24.0 Å². The molecule has 1 aliphatic heterocycles. The van der Waals surface area contributed by atoms with E-state index in [-0.39, 0.29) is 35.8 Å². The number of carbonyl (C=O) groups excluding carboxylic acids is 1. The Morgan fingerprint density at radius 1 is 1.28 bits per heavy atom. The van der Waals surface area contributed by atoms with Gasteiger partial charge in [0.2, 0.25) is 11.8 Å². The largest absolute Gasteiger partial charge is 0.357 e. The molecule has 2 aromatic rings. The molecule has 1 aliphatic rings. The minimum atomic E-state index is 0. The number of halogens is 2. The predicted octanol–water partition coefficient (Wildman–Crippen LogP) is 3.71. The molecule has 0 radical (unpaired) electrons. The first kappa shape index (κ1) is 26.4. The zero-order valence-electron chi connectivity index (χ0n) is 18.9. The van der Waals surface area contributed by atoms with E-state index in [9.17, 15) is 4.79 Å². The highest BCUT2D eigenvalue weighted by molar-refractivity contribution is 14.0. The summed E-state index contributed by atoms with van der Waals surface area (Å²) in [5.74, 6) is 2.51. The maximum absolute atomic E-state index is 12.7. The number of benzene rings is 1. The number of aliphatic imine (C=N–C) groups is 1. The summed E-state index contributed by atoms with van der Waals surface area (Å²) in [7, 11) is 0. The number of hydrogen-bond acceptors (Lipinski definition) is 5. The van der Waals surface area contributed by atoms with Crippen molar-refractivity contribution >= 4 is 47.4 Å². The van der Waals surface area contributed by atoms with Gasteiger partial charge < -0.3 is 19.6 Å². The van der Waals surface area contributed by atoms with Crippen molar-refractivity contribution < 1.29 is 9.32 Å². The van der Waals surface area contributed by atoms with Gasteiger partial charge in [0.1, 0.15) is 0 Å². The van der Waals surface area contributed by atoms with Gasteiger partial charge in [-0.1, -0.05) is 42.7 Å². The van der Waals surface area contributed by atoms with E-state index in [4.69, 9.17) is 21.1 Å². The third kappa shape index (κ3) is 7.61. The third-order valence-electron chi connectivity index (χ3n) is 5.05. The van der Waals surface area contributed by atoms with E-state index in [2.05, 4.69) is 15.5 Å². The standard InChI is InChI=1S/C22H31ClN6O2.HI/c1-4-24-22(25-11-5-6-19-26-21(16(2)3)27-31-19)29-13-12-28(20(30)15-29)14-17-7-9-18(23)10-8-17;/h7-10,16H,4-6,11-15H2,1-3H3,(H,24,25);1H. The number of amides is 1. The average molecular weight is 575 g/mol. The fourth-order valence-corrected chi connectivity index (χ4v) is 3.44. The molecule has 0 aliphatic carbocycles. The van der Waals surface area contributed by atoms with Crippen LogP contribution in [-0.4, -0.2) is 64.5 Å². The Morgan fingerprint density at radius 3 is 2.66 bits per heavy atom. The average Bonchev–Trinajstić information content (AvgIpc) is 3.23. The molecule has 0 unspecified atom stereocenters. The first-order valence-corrected chi connectivity index (χ1v) is 11.2. The SMILES string of the molecule is CCNC(=NCCCc1nc(C(C)C)no1)N1CCN(Cc2ccc(Cl)cc2)C(=O)C1.I. The van der Waals surface area contributed by atoms with Gasteiger partial charge in [0.05, 0.1) is 6.54 Å². The van der Waals surface area contributed by atoms with Crippen molar-refractivity contribution in [3.63, 3.8) is 0 Å². The number of guanidine groups is 1. The molecule has 8 nitrogen and oxygen atoms in total. The van der Waals surface area contributed by atoms with E-state index >= 15 is 0 Å². The highest BCUT2D eigenvalue weighted by Gasteiger charge is 2.26. The third-order valence-corrected chi connectivity index (χ3v) is 5.30. The summed E-state index contributed by atoms with van der Waals surface area (Å²) >= 11 is 5.95. The Kier molecular flexibility index (Phi) is 10.7. The van der Waals surface area contributed by atoms with Crippen molar-refractivity contribution in [2.45, 2.75) is 46.1 Å². The Morgan fingerprint density at radius 2 is 2.03 bits per heavy atom. The number of aryl methyl sites for hydroxylation is 1. The molecule has 0 bridgehead atoms. The number of nitrogens with zero attached hydrogens (tertiary/aromatic N) is 5. The van der Waals surface area contributed by atoms with Gasteiger partial charge in [0.15, 0.2) is 11.8 Å². The molecule has 10 heteroatoms. The van der Waals surface area contributed by atoms with Gasteiger partial charge in [0.25, 0.3) is 0 Å². The Hall–Kier alpha value is -1.88. The lowest BCUT2D eigenvalue weighted by molar-refractivity contribution is -0.135. The maximum Gasteiger partial charge on any atom is 0.242 e. The molecule has 1 fully saturated rings. The smallest absolute Gasteiger partial charge is 0.242 e. The highest BCUT2D eigenvalue weighted by Crippen LogP contribution is 2.14. The molecular formula is C22H32ClIN6O2. The van der Waals surface area contributed by atoms with Crippen LogP contribution in [0.4, 0.5) is 0 Å². The fourth-order valence-electron chi connectivity index (χ4n) is 3.31. The van der Waals surface area contributed by atoms with Crippen molar-refractivity contribution in [1.82, 2.24) is 25.3 Å². The molecule has 176 valence electrons. The molecule has 3 rings (SSSR count). The molecule has 32 heavy (non-hydrogen) atoms. The molecule has 1 aromatic carbocycles. The lowest BCUT2D eigenvalue weighted by Gasteiger charge is -2.36. The van der Waals surface area contributed by atoms with Crippen molar-refractivity contribution in [3.05, 3.63) is 46.6 Å². The van der Waals surface area contributed by atoms with Crippen LogP contribution in [0.2, 0.25) is 5.02 Å². The summed E-state index contributed by atoms with van der Waals surface area (Å²) < 4.78 is 5.28. The second kappa shape index (κ2) is 13.0. The number of hydrogen-bond donors (Lipinski definition) is 1. The van der Waals surface area contributed by atoms with Gasteiger partial charge in [-0.3, -0.25) is 9.79 Å². The van der Waals surface area contributed by atoms with E-state index in [0.717, 1.165) is 36.9 Å². The maximum atomic E-state index is 12.7. The van der Waals surface area contributed by atoms with Crippen molar-refractivity contribution in [2.75, 3.05) is 32.7 Å². The molecular weight excluding hydrogens is 543 g/mol. The van der Waals surface area contributed by atoms with E-state index in [1.807, 2.05) is 54.8 Å². The summed E-state index contributed by atoms with van der Waals surface area (Å²) in [5, 5.41) is 7.99. The number of nitrogens with one attached hydrogen (secondary N) is 1. The van der Waals surface area contributed by atoms with Gasteiger partial charge in [-0.2, -0.15) is 4.98 Å². The summed E-state index contributed by atoms with van der Waals surface area (Å²) in [4.78, 5) is 25.7. The van der Waals surface area contributed by atoms with E-state index in [1.165, 1.54) is 0 Å². The molecule has 1 aromatic heterocycles. The highest BCUT2D eigenvalue weighted by atomic mass is 127. The summed E-state index contributed by atoms with van der Waals surface area (Å²) in [6.07, 6.45) is 1.50. The van der Waals surface area contributed by atoms with Crippen molar-refractivity contribution in [1.29, 1.82) is 0 Å². The Bertz CT molecular complexity index is 887. The van der Waals surface area contributed by atoms with Crippen LogP contribution in [0.15, 0.2) is 33.8 Å². The number of rotatable bonds is 8. The second-order valence-corrected chi connectivity index (χ2v) is 8.34. The van der Waals surface area contributed by atoms with Crippen LogP contribution in [-0.2, 0) is 17.8 Å². The van der Waals surface area contributed by atoms with Gasteiger partial charge in [0, 0.05) is 50.1 Å². The molecule has 0 atom stereocenters. The molecule has 0 saturated carbocycles. The second-order valence-electron chi connectivity index (χ2n) is 7.90. The van der Waals surface area contributed by atoms with Crippen LogP contribution >= 0.6 is 35.6 Å². The lowest BCUT2D eigenvalue weighted by Crippen LogP contribution is -2.55. The first-order valence-electron chi connectivity index (χ1n) is 10.8. The zero-order valence-corrected chi connectivity index (χ0v) is 22.0. The summed E-state index contributed by atoms with van der Waals surface area (Å²) in [6.45, 7) is 9.80. The number of aromatic nitrogens is 2. The molecule has 0 spiro atoms. The number of carbonyl (C=O) groups is 1. The van der Waals surface area contributed by atoms with Gasteiger partial charge in [-0.05, 0) is 31.0 Å². The molecule has 1 amide bonds. The van der Waals surface area contributed by atoms with Crippen LogP contribution in [0.3, 0.4) is 0 Å². The van der Waals surface area contributed by atoms with Gasteiger partial charge >= 0.3 is 0 Å². The quantitative estimate of drug-likeness (QED) is 0.224. The van der Waals surface area contributed by atoms with Crippen molar-refractivity contribution in [3.8, 4) is 0 Å². The van der Waals surface area contributed by atoms with Crippen LogP contribution in [0, 0.1) is 0 Å². The fraction of sp³-hybridized carbons (Fsp3) is 0.545. The van der Waals surface area contributed by atoms with Gasteiger partial charge in [-0.25, -0.2) is 0 Å². The Labute approximate surface area is 211 Å². The van der Waals surface area contributed by atoms with E-state index < -0.39 is 0 Å². The van der Waals surface area contributed by atoms with Crippen LogP contribution < -0.4 is 5.32 Å². The summed E-state index contributed by atoms with van der Waals surface area (Å²) in [5.41, 5.74) is 1.08. The minimum absolute atomic E-state index is 0. The summed E-state index contributed by atoms with van der Waals surface area (Å²) in [6, 6.07) is 7.62. The minimum Gasteiger partial charge on any atom is -0.357 e. The predicted molar refractivity (Wildman–Crippen MR) is 137 cm³/mol. The van der Waals surface area contributed by atoms with Crippen LogP contribution in [0.25, 0.3) is 0 Å². The lowest BCUT2D eigenvalue weighted by atomic mass is 10.2. The monoisotopic (exact) mass is 574 g/mol. The van der Waals surface area contributed by atoms with Crippen LogP contribution in [0.1, 0.15) is 50.4 Å². The van der Waals surface area contributed by atoms with Crippen LogP contribution in [0.5, 0.6) is 0 Å². The van der Waals surface area contributed by atoms with E-state index in [1.54, 1.807) is 0 Å². The number of piperazine rings is 1. The Balaban J connectivity index is 0.00000363. The van der Waals surface area contributed by atoms with Crippen molar-refractivity contribution in [2.24, 2.45) is 4.99 Å². The first-order chi connectivity index (χ1) is 15.0. The zero-order chi connectivity index (χ0) is 22.2. The normalized spacial score (nSPS) is 14.7. The molecule has 1 saturated heterocycles. The molecule has 1 N–H and O–H groups in total.